The number of nitrogens with two attached hydrogens (primary N) is 1. The lowest BCUT2D eigenvalue weighted by Crippen LogP contribution is -2.22. The van der Waals surface area contributed by atoms with Gasteiger partial charge in [-0.2, -0.15) is 0 Å². The molecule has 112 valence electrons. The first-order valence-corrected chi connectivity index (χ1v) is 6.59. The largest absolute Gasteiger partial charge is 0.573 e. The van der Waals surface area contributed by atoms with Gasteiger partial charge in [0.1, 0.15) is 5.75 Å². The summed E-state index contributed by atoms with van der Waals surface area (Å²) in [5.41, 5.74) is 6.63. The molecule has 1 aromatic carbocycles. The van der Waals surface area contributed by atoms with Crippen LogP contribution in [0.5, 0.6) is 5.75 Å². The van der Waals surface area contributed by atoms with Crippen molar-refractivity contribution in [3.63, 3.8) is 0 Å². The highest BCUT2D eigenvalue weighted by Gasteiger charge is 2.66. The zero-order valence-corrected chi connectivity index (χ0v) is 12.1. The van der Waals surface area contributed by atoms with Crippen molar-refractivity contribution >= 4 is 0 Å². The van der Waals surface area contributed by atoms with Crippen molar-refractivity contribution in [3.05, 3.63) is 29.8 Å². The standard InChI is InChI=1S/C15H20F3NO/c1-13(2)12(14(13,3)4)11(19)9-7-5-6-8-10(9)20-15(16,17)18/h5-8,11-12H,19H2,1-4H3. The first-order valence-electron chi connectivity index (χ1n) is 6.59. The molecule has 1 saturated carbocycles. The van der Waals surface area contributed by atoms with E-state index in [0.29, 0.717) is 5.56 Å². The molecule has 0 bridgehead atoms. The van der Waals surface area contributed by atoms with E-state index in [1.807, 2.05) is 0 Å². The van der Waals surface area contributed by atoms with Crippen LogP contribution >= 0.6 is 0 Å². The van der Waals surface area contributed by atoms with Crippen molar-refractivity contribution in [2.45, 2.75) is 40.1 Å². The Balaban J connectivity index is 2.30. The zero-order valence-electron chi connectivity index (χ0n) is 12.1. The lowest BCUT2D eigenvalue weighted by atomic mass is 9.96. The van der Waals surface area contributed by atoms with Crippen molar-refractivity contribution in [1.82, 2.24) is 0 Å². The maximum atomic E-state index is 12.4. The second-order valence-electron chi connectivity index (χ2n) is 6.53. The van der Waals surface area contributed by atoms with E-state index in [1.165, 1.54) is 12.1 Å². The molecule has 2 nitrogen and oxygen atoms in total. The summed E-state index contributed by atoms with van der Waals surface area (Å²) in [5.74, 6) is -0.0843. The van der Waals surface area contributed by atoms with E-state index in [0.717, 1.165) is 0 Å². The molecule has 0 saturated heterocycles. The van der Waals surface area contributed by atoms with Crippen LogP contribution in [0.1, 0.15) is 39.3 Å². The molecule has 1 aliphatic carbocycles. The molecule has 1 fully saturated rings. The number of ether oxygens (including phenoxy) is 1. The van der Waals surface area contributed by atoms with Gasteiger partial charge >= 0.3 is 6.36 Å². The van der Waals surface area contributed by atoms with Gasteiger partial charge in [-0.1, -0.05) is 45.9 Å². The summed E-state index contributed by atoms with van der Waals surface area (Å²) in [6.07, 6.45) is -4.70. The molecule has 1 unspecified atom stereocenters. The summed E-state index contributed by atoms with van der Waals surface area (Å²) in [6, 6.07) is 5.64. The van der Waals surface area contributed by atoms with Crippen LogP contribution in [0.2, 0.25) is 0 Å². The molecule has 1 atom stereocenters. The Morgan fingerprint density at radius 1 is 1.10 bits per heavy atom. The fraction of sp³-hybridized carbons (Fsp3) is 0.600. The molecule has 0 radical (unpaired) electrons. The van der Waals surface area contributed by atoms with Gasteiger partial charge in [-0.15, -0.1) is 13.2 Å². The van der Waals surface area contributed by atoms with Gasteiger partial charge in [-0.25, -0.2) is 0 Å². The highest BCUT2D eigenvalue weighted by molar-refractivity contribution is 5.38. The second-order valence-corrected chi connectivity index (χ2v) is 6.53. The van der Waals surface area contributed by atoms with Gasteiger partial charge in [0.25, 0.3) is 0 Å². The lowest BCUT2D eigenvalue weighted by Gasteiger charge is -2.19. The predicted molar refractivity (Wildman–Crippen MR) is 71.1 cm³/mol. The third-order valence-corrected chi connectivity index (χ3v) is 5.00. The lowest BCUT2D eigenvalue weighted by molar-refractivity contribution is -0.275. The van der Waals surface area contributed by atoms with E-state index in [-0.39, 0.29) is 22.5 Å². The smallest absolute Gasteiger partial charge is 0.405 e. The molecule has 0 aliphatic heterocycles. The zero-order chi connectivity index (χ0) is 15.3. The molecular weight excluding hydrogens is 267 g/mol. The molecule has 2 N–H and O–H groups in total. The van der Waals surface area contributed by atoms with Crippen molar-refractivity contribution in [1.29, 1.82) is 0 Å². The van der Waals surface area contributed by atoms with Gasteiger partial charge in [0, 0.05) is 11.6 Å². The minimum Gasteiger partial charge on any atom is -0.405 e. The number of benzene rings is 1. The fourth-order valence-corrected chi connectivity index (χ4v) is 3.30. The van der Waals surface area contributed by atoms with E-state index >= 15 is 0 Å². The van der Waals surface area contributed by atoms with Crippen LogP contribution in [-0.2, 0) is 0 Å². The average Bonchev–Trinajstić information content (AvgIpc) is 2.67. The van der Waals surface area contributed by atoms with Crippen LogP contribution in [-0.4, -0.2) is 6.36 Å². The number of halogens is 3. The number of hydrogen-bond acceptors (Lipinski definition) is 2. The molecule has 1 aromatic rings. The number of rotatable bonds is 3. The van der Waals surface area contributed by atoms with E-state index in [1.54, 1.807) is 12.1 Å². The Labute approximate surface area is 117 Å². The average molecular weight is 287 g/mol. The summed E-state index contributed by atoms with van der Waals surface area (Å²) in [6.45, 7) is 8.35. The number of alkyl halides is 3. The SMILES string of the molecule is CC1(C)C(C(N)c2ccccc2OC(F)(F)F)C1(C)C. The molecule has 0 heterocycles. The third-order valence-electron chi connectivity index (χ3n) is 5.00. The third kappa shape index (κ3) is 2.39. The summed E-state index contributed by atoms with van der Waals surface area (Å²) < 4.78 is 41.4. The van der Waals surface area contributed by atoms with Crippen LogP contribution in [0.25, 0.3) is 0 Å². The molecule has 5 heteroatoms. The van der Waals surface area contributed by atoms with Gasteiger partial charge in [0.15, 0.2) is 0 Å². The van der Waals surface area contributed by atoms with Gasteiger partial charge in [0.05, 0.1) is 0 Å². The number of hydrogen-bond donors (Lipinski definition) is 1. The van der Waals surface area contributed by atoms with Gasteiger partial charge in [-0.3, -0.25) is 0 Å². The highest BCUT2D eigenvalue weighted by Crippen LogP contribution is 2.72. The van der Waals surface area contributed by atoms with Crippen molar-refractivity contribution < 1.29 is 17.9 Å². The van der Waals surface area contributed by atoms with E-state index in [9.17, 15) is 13.2 Å². The Hall–Kier alpha value is -1.23. The van der Waals surface area contributed by atoms with Crippen LogP contribution in [0.3, 0.4) is 0 Å². The first-order chi connectivity index (χ1) is 8.98. The molecule has 0 amide bonds. The molecule has 20 heavy (non-hydrogen) atoms. The second kappa shape index (κ2) is 4.38. The van der Waals surface area contributed by atoms with Crippen molar-refractivity contribution in [2.24, 2.45) is 22.5 Å². The van der Waals surface area contributed by atoms with Crippen LogP contribution in [0.15, 0.2) is 24.3 Å². The minimum absolute atomic E-state index is 0.00222. The molecule has 1 aliphatic rings. The maximum absolute atomic E-state index is 12.4. The Bertz CT molecular complexity index is 494. The van der Waals surface area contributed by atoms with Gasteiger partial charge in [-0.05, 0) is 22.8 Å². The molecule has 0 spiro atoms. The normalized spacial score (nSPS) is 22.4. The summed E-state index contributed by atoms with van der Waals surface area (Å²) in [5, 5.41) is 0. The Kier molecular flexibility index (Phi) is 3.32. The predicted octanol–water partition coefficient (Wildman–Crippen LogP) is 4.27. The summed E-state index contributed by atoms with van der Waals surface area (Å²) in [4.78, 5) is 0. The quantitative estimate of drug-likeness (QED) is 0.901. The van der Waals surface area contributed by atoms with Crippen LogP contribution in [0.4, 0.5) is 13.2 Å². The van der Waals surface area contributed by atoms with E-state index in [4.69, 9.17) is 5.73 Å². The Morgan fingerprint density at radius 2 is 1.60 bits per heavy atom. The van der Waals surface area contributed by atoms with Crippen molar-refractivity contribution in [3.8, 4) is 5.75 Å². The minimum atomic E-state index is -4.70. The monoisotopic (exact) mass is 287 g/mol. The van der Waals surface area contributed by atoms with E-state index < -0.39 is 12.4 Å². The van der Waals surface area contributed by atoms with Crippen LogP contribution in [0, 0.1) is 16.7 Å². The molecular formula is C15H20F3NO. The maximum Gasteiger partial charge on any atom is 0.573 e. The molecule has 2 rings (SSSR count). The first kappa shape index (κ1) is 15.2. The molecule has 0 aromatic heterocycles. The highest BCUT2D eigenvalue weighted by atomic mass is 19.4. The van der Waals surface area contributed by atoms with Gasteiger partial charge in [0.2, 0.25) is 0 Å². The fourth-order valence-electron chi connectivity index (χ4n) is 3.30. The van der Waals surface area contributed by atoms with Crippen LogP contribution < -0.4 is 10.5 Å². The van der Waals surface area contributed by atoms with Crippen molar-refractivity contribution in [2.75, 3.05) is 0 Å². The van der Waals surface area contributed by atoms with Gasteiger partial charge < -0.3 is 10.5 Å². The van der Waals surface area contributed by atoms with E-state index in [2.05, 4.69) is 32.4 Å². The number of para-hydroxylation sites is 1. The Morgan fingerprint density at radius 3 is 2.05 bits per heavy atom. The topological polar surface area (TPSA) is 35.2 Å². The summed E-state index contributed by atoms with van der Waals surface area (Å²) in [7, 11) is 0. The summed E-state index contributed by atoms with van der Waals surface area (Å²) >= 11 is 0.